The lowest BCUT2D eigenvalue weighted by atomic mass is 9.86. The Morgan fingerprint density at radius 2 is 1.32 bits per heavy atom. The second kappa shape index (κ2) is 8.41. The van der Waals surface area contributed by atoms with Crippen molar-refractivity contribution in [3.05, 3.63) is 102 Å². The van der Waals surface area contributed by atoms with E-state index in [4.69, 9.17) is 4.74 Å². The van der Waals surface area contributed by atoms with Crippen LogP contribution in [0.5, 0.6) is 5.75 Å². The zero-order valence-corrected chi connectivity index (χ0v) is 16.1. The zero-order chi connectivity index (χ0) is 19.3. The molecule has 3 heteroatoms. The third kappa shape index (κ3) is 4.00. The molecule has 0 N–H and O–H groups in total. The molecule has 1 fully saturated rings. The van der Waals surface area contributed by atoms with Crippen molar-refractivity contribution in [1.82, 2.24) is 4.90 Å². The average molecular weight is 371 g/mol. The molecule has 0 bridgehead atoms. The van der Waals surface area contributed by atoms with Gasteiger partial charge in [-0.25, -0.2) is 0 Å². The topological polar surface area (TPSA) is 29.5 Å². The van der Waals surface area contributed by atoms with Gasteiger partial charge < -0.3 is 4.74 Å². The van der Waals surface area contributed by atoms with E-state index in [2.05, 4.69) is 65.6 Å². The second-order valence-corrected chi connectivity index (χ2v) is 7.32. The Morgan fingerprint density at radius 3 is 1.89 bits per heavy atom. The van der Waals surface area contributed by atoms with Gasteiger partial charge in [0.05, 0.1) is 7.11 Å². The number of rotatable bonds is 5. The van der Waals surface area contributed by atoms with E-state index in [1.54, 1.807) is 7.11 Å². The number of hydrogen-bond acceptors (Lipinski definition) is 3. The highest BCUT2D eigenvalue weighted by molar-refractivity contribution is 5.81. The fourth-order valence-electron chi connectivity index (χ4n) is 4.10. The van der Waals surface area contributed by atoms with Crippen LogP contribution in [0.2, 0.25) is 0 Å². The predicted molar refractivity (Wildman–Crippen MR) is 111 cm³/mol. The first-order valence-corrected chi connectivity index (χ1v) is 9.75. The second-order valence-electron chi connectivity index (χ2n) is 7.32. The first kappa shape index (κ1) is 18.5. The number of methoxy groups -OCH3 is 1. The van der Waals surface area contributed by atoms with Gasteiger partial charge in [0.15, 0.2) is 0 Å². The molecule has 28 heavy (non-hydrogen) atoms. The third-order valence-corrected chi connectivity index (χ3v) is 5.54. The number of nitrogens with zero attached hydrogens (tertiary/aromatic N) is 1. The fourth-order valence-corrected chi connectivity index (χ4v) is 4.10. The van der Waals surface area contributed by atoms with Crippen molar-refractivity contribution < 1.29 is 9.53 Å². The average Bonchev–Trinajstić information content (AvgIpc) is 2.76. The number of carbonyl (C=O) groups is 1. The van der Waals surface area contributed by atoms with E-state index >= 15 is 0 Å². The van der Waals surface area contributed by atoms with Crippen LogP contribution in [0.15, 0.2) is 84.9 Å². The monoisotopic (exact) mass is 371 g/mol. The summed E-state index contributed by atoms with van der Waals surface area (Å²) in [4.78, 5) is 15.2. The molecule has 1 saturated heterocycles. The Labute approximate surface area is 166 Å². The number of benzene rings is 3. The van der Waals surface area contributed by atoms with Gasteiger partial charge in [0, 0.05) is 31.5 Å². The molecule has 0 amide bonds. The predicted octanol–water partition coefficient (Wildman–Crippen LogP) is 5.34. The van der Waals surface area contributed by atoms with Gasteiger partial charge in [0.25, 0.3) is 0 Å². The van der Waals surface area contributed by atoms with E-state index in [0.717, 1.165) is 17.9 Å². The van der Waals surface area contributed by atoms with Crippen LogP contribution in [-0.4, -0.2) is 17.8 Å². The first-order chi connectivity index (χ1) is 13.7. The van der Waals surface area contributed by atoms with Crippen LogP contribution in [0.4, 0.5) is 0 Å². The molecule has 0 unspecified atom stereocenters. The minimum Gasteiger partial charge on any atom is -0.497 e. The lowest BCUT2D eigenvalue weighted by Crippen LogP contribution is -2.39. The number of ketones is 1. The Kier molecular flexibility index (Phi) is 5.54. The lowest BCUT2D eigenvalue weighted by Gasteiger charge is -2.42. The van der Waals surface area contributed by atoms with Crippen LogP contribution in [-0.2, 0) is 11.3 Å². The summed E-state index contributed by atoms with van der Waals surface area (Å²) in [6, 6.07) is 29.2. The quantitative estimate of drug-likeness (QED) is 0.606. The zero-order valence-electron chi connectivity index (χ0n) is 16.1. The summed E-state index contributed by atoms with van der Waals surface area (Å²) in [6.07, 6.45) is 1.10. The molecule has 0 aliphatic carbocycles. The summed E-state index contributed by atoms with van der Waals surface area (Å²) < 4.78 is 5.31. The summed E-state index contributed by atoms with van der Waals surface area (Å²) in [6.45, 7) is 0.810. The van der Waals surface area contributed by atoms with Crippen LogP contribution in [0.25, 0.3) is 0 Å². The van der Waals surface area contributed by atoms with Gasteiger partial charge in [-0.3, -0.25) is 9.69 Å². The highest BCUT2D eigenvalue weighted by Gasteiger charge is 2.36. The van der Waals surface area contributed by atoms with Crippen LogP contribution < -0.4 is 4.74 Å². The van der Waals surface area contributed by atoms with Crippen LogP contribution in [0.1, 0.15) is 41.6 Å². The largest absolute Gasteiger partial charge is 0.497 e. The normalized spacial score (nSPS) is 20.1. The van der Waals surface area contributed by atoms with Gasteiger partial charge >= 0.3 is 0 Å². The highest BCUT2D eigenvalue weighted by atomic mass is 16.5. The molecule has 2 atom stereocenters. The molecule has 0 spiro atoms. The molecular weight excluding hydrogens is 346 g/mol. The van der Waals surface area contributed by atoms with Gasteiger partial charge in [0.1, 0.15) is 11.5 Å². The van der Waals surface area contributed by atoms with Gasteiger partial charge in [-0.2, -0.15) is 0 Å². The number of hydrogen-bond donors (Lipinski definition) is 0. The maximum Gasteiger partial charge on any atom is 0.136 e. The molecule has 3 aromatic carbocycles. The number of piperidine rings is 1. The summed E-state index contributed by atoms with van der Waals surface area (Å²) >= 11 is 0. The highest BCUT2D eigenvalue weighted by Crippen LogP contribution is 2.41. The summed E-state index contributed by atoms with van der Waals surface area (Å²) in [7, 11) is 1.67. The Bertz CT molecular complexity index is 906. The maximum absolute atomic E-state index is 12.7. The molecule has 3 aromatic rings. The Balaban J connectivity index is 1.73. The van der Waals surface area contributed by atoms with E-state index in [0.29, 0.717) is 18.6 Å². The van der Waals surface area contributed by atoms with E-state index < -0.39 is 0 Å². The SMILES string of the molecule is COc1ccc([C@H]2CC(=O)C[C@@H](c3ccccc3)N2Cc2ccccc2)cc1. The van der Waals surface area contributed by atoms with Crippen LogP contribution >= 0.6 is 0 Å². The molecule has 1 aliphatic heterocycles. The number of Topliss-reactive ketones (excluding diaryl/α,β-unsaturated/α-hetero) is 1. The van der Waals surface area contributed by atoms with Gasteiger partial charge in [-0.05, 0) is 28.8 Å². The van der Waals surface area contributed by atoms with Crippen LogP contribution in [0, 0.1) is 0 Å². The number of ether oxygens (including phenoxy) is 1. The molecule has 0 aromatic heterocycles. The van der Waals surface area contributed by atoms with Gasteiger partial charge in [0.2, 0.25) is 0 Å². The standard InChI is InChI=1S/C25H25NO2/c1-28-23-14-12-21(13-15-23)25-17-22(27)16-24(20-10-6-3-7-11-20)26(25)18-19-8-4-2-5-9-19/h2-15,24-25H,16-18H2,1H3/t24-,25+/m0/s1. The van der Waals surface area contributed by atoms with E-state index in [-0.39, 0.29) is 12.1 Å². The molecular formula is C25H25NO2. The molecule has 3 nitrogen and oxygen atoms in total. The molecule has 142 valence electrons. The molecule has 0 saturated carbocycles. The van der Waals surface area contributed by atoms with Gasteiger partial charge in [-0.1, -0.05) is 72.8 Å². The summed E-state index contributed by atoms with van der Waals surface area (Å²) in [5.41, 5.74) is 3.62. The number of carbonyl (C=O) groups excluding carboxylic acids is 1. The van der Waals surface area contributed by atoms with Crippen molar-refractivity contribution in [2.45, 2.75) is 31.5 Å². The van der Waals surface area contributed by atoms with Gasteiger partial charge in [-0.15, -0.1) is 0 Å². The number of likely N-dealkylation sites (tertiary alicyclic amines) is 1. The fraction of sp³-hybridized carbons (Fsp3) is 0.240. The Hall–Kier alpha value is -2.91. The maximum atomic E-state index is 12.7. The van der Waals surface area contributed by atoms with E-state index in [1.165, 1.54) is 11.1 Å². The van der Waals surface area contributed by atoms with Crippen molar-refractivity contribution in [2.75, 3.05) is 7.11 Å². The van der Waals surface area contributed by atoms with Crippen molar-refractivity contribution in [3.63, 3.8) is 0 Å². The molecule has 4 rings (SSSR count). The minimum atomic E-state index is 0.0533. The van der Waals surface area contributed by atoms with Crippen molar-refractivity contribution in [2.24, 2.45) is 0 Å². The smallest absolute Gasteiger partial charge is 0.136 e. The third-order valence-electron chi connectivity index (χ3n) is 5.54. The summed E-state index contributed by atoms with van der Waals surface area (Å²) in [5.74, 6) is 1.15. The van der Waals surface area contributed by atoms with Crippen molar-refractivity contribution >= 4 is 5.78 Å². The van der Waals surface area contributed by atoms with Crippen molar-refractivity contribution in [3.8, 4) is 5.75 Å². The van der Waals surface area contributed by atoms with Crippen LogP contribution in [0.3, 0.4) is 0 Å². The van der Waals surface area contributed by atoms with E-state index in [9.17, 15) is 4.79 Å². The molecule has 1 aliphatic rings. The minimum absolute atomic E-state index is 0.0533. The molecule has 0 radical (unpaired) electrons. The van der Waals surface area contributed by atoms with E-state index in [1.807, 2.05) is 24.3 Å². The molecule has 1 heterocycles. The Morgan fingerprint density at radius 1 is 0.786 bits per heavy atom. The first-order valence-electron chi connectivity index (χ1n) is 9.75. The lowest BCUT2D eigenvalue weighted by molar-refractivity contribution is -0.126. The summed E-state index contributed by atoms with van der Waals surface area (Å²) in [5, 5.41) is 0. The van der Waals surface area contributed by atoms with Crippen molar-refractivity contribution in [1.29, 1.82) is 0 Å².